The number of imidazole rings is 1. The van der Waals surface area contributed by atoms with Gasteiger partial charge in [-0.25, -0.2) is 4.98 Å². The van der Waals surface area contributed by atoms with Crippen molar-refractivity contribution < 1.29 is 14.3 Å². The van der Waals surface area contributed by atoms with Gasteiger partial charge in [0.05, 0.1) is 23.4 Å². The Balaban J connectivity index is 1.46. The average molecular weight is 378 g/mol. The van der Waals surface area contributed by atoms with Gasteiger partial charge >= 0.3 is 0 Å². The van der Waals surface area contributed by atoms with Crippen LogP contribution in [0.15, 0.2) is 60.9 Å². The van der Waals surface area contributed by atoms with Crippen LogP contribution < -0.4 is 5.32 Å². The number of morpholine rings is 1. The predicted octanol–water partition coefficient (Wildman–Crippen LogP) is 1.75. The molecule has 0 bridgehead atoms. The monoisotopic (exact) mass is 378 g/mol. The van der Waals surface area contributed by atoms with Crippen molar-refractivity contribution in [1.29, 1.82) is 0 Å². The Morgan fingerprint density at radius 2 is 1.96 bits per heavy atom. The van der Waals surface area contributed by atoms with E-state index in [1.165, 1.54) is 0 Å². The summed E-state index contributed by atoms with van der Waals surface area (Å²) in [6.45, 7) is 1.02. The molecule has 0 radical (unpaired) electrons. The fourth-order valence-corrected chi connectivity index (χ4v) is 3.46. The molecule has 4 rings (SSSR count). The van der Waals surface area contributed by atoms with Gasteiger partial charge in [-0.05, 0) is 17.7 Å². The van der Waals surface area contributed by atoms with Crippen LogP contribution in [0.1, 0.15) is 11.6 Å². The summed E-state index contributed by atoms with van der Waals surface area (Å²) in [6, 6.07) is 16.8. The number of benzene rings is 2. The Hall–Kier alpha value is -3.19. The van der Waals surface area contributed by atoms with Crippen LogP contribution >= 0.6 is 0 Å². The molecule has 1 aromatic heterocycles. The summed E-state index contributed by atoms with van der Waals surface area (Å²) in [7, 11) is 1.75. The van der Waals surface area contributed by atoms with Gasteiger partial charge in [0.2, 0.25) is 5.91 Å². The van der Waals surface area contributed by atoms with Gasteiger partial charge in [0.25, 0.3) is 5.91 Å². The van der Waals surface area contributed by atoms with Crippen LogP contribution in [0, 0.1) is 0 Å². The first-order valence-corrected chi connectivity index (χ1v) is 9.24. The topological polar surface area (TPSA) is 76.5 Å². The molecule has 0 spiro atoms. The molecule has 1 fully saturated rings. The summed E-state index contributed by atoms with van der Waals surface area (Å²) in [5.41, 5.74) is 2.81. The quantitative estimate of drug-likeness (QED) is 0.734. The van der Waals surface area contributed by atoms with Crippen LogP contribution in [0.5, 0.6) is 0 Å². The van der Waals surface area contributed by atoms with E-state index in [0.29, 0.717) is 13.1 Å². The Bertz CT molecular complexity index is 985. The minimum absolute atomic E-state index is 0.111. The molecule has 0 unspecified atom stereocenters. The molecule has 2 heterocycles. The Kier molecular flexibility index (Phi) is 5.08. The average Bonchev–Trinajstić information content (AvgIpc) is 3.15. The third kappa shape index (κ3) is 3.61. The highest BCUT2D eigenvalue weighted by Crippen LogP contribution is 2.23. The number of amides is 2. The molecule has 2 atom stereocenters. The summed E-state index contributed by atoms with van der Waals surface area (Å²) in [5, 5.41) is 2.89. The summed E-state index contributed by atoms with van der Waals surface area (Å²) in [6.07, 6.45) is 1.04. The number of likely N-dealkylation sites (N-methyl/N-ethyl adjacent to an activating group) is 1. The van der Waals surface area contributed by atoms with Crippen LogP contribution in [0.25, 0.3) is 11.0 Å². The molecule has 7 nitrogen and oxygen atoms in total. The van der Waals surface area contributed by atoms with E-state index in [-0.39, 0.29) is 18.4 Å². The molecule has 28 heavy (non-hydrogen) atoms. The lowest BCUT2D eigenvalue weighted by molar-refractivity contribution is -0.154. The molecule has 0 saturated carbocycles. The zero-order chi connectivity index (χ0) is 19.5. The van der Waals surface area contributed by atoms with Gasteiger partial charge in [-0.2, -0.15) is 0 Å². The largest absolute Gasteiger partial charge is 0.356 e. The van der Waals surface area contributed by atoms with Crippen molar-refractivity contribution in [2.24, 2.45) is 0 Å². The minimum atomic E-state index is -0.746. The van der Waals surface area contributed by atoms with E-state index in [2.05, 4.69) is 10.3 Å². The maximum atomic E-state index is 13.0. The number of carbonyl (C=O) groups excluding carboxylic acids is 2. The summed E-state index contributed by atoms with van der Waals surface area (Å²) in [4.78, 5) is 30.9. The van der Waals surface area contributed by atoms with Gasteiger partial charge in [-0.3, -0.25) is 9.59 Å². The lowest BCUT2D eigenvalue weighted by Crippen LogP contribution is -2.53. The molecule has 0 aliphatic carbocycles. The SMILES string of the molecule is CN(CCn1cnc2ccccc21)C(=O)[C@H]1OCC(=O)N[C@@H]1c1ccccc1. The van der Waals surface area contributed by atoms with E-state index < -0.39 is 12.1 Å². The maximum absolute atomic E-state index is 13.0. The first kappa shape index (κ1) is 18.2. The highest BCUT2D eigenvalue weighted by molar-refractivity contribution is 5.86. The standard InChI is InChI=1S/C21H22N4O3/c1-24(11-12-25-14-22-16-9-5-6-10-17(16)25)21(27)20-19(23-18(26)13-28-20)15-7-3-2-4-8-15/h2-10,14,19-20H,11-13H2,1H3,(H,23,26)/t19-,20+/m1/s1. The smallest absolute Gasteiger partial charge is 0.254 e. The molecule has 1 aliphatic rings. The van der Waals surface area contributed by atoms with Crippen LogP contribution in [0.3, 0.4) is 0 Å². The number of para-hydroxylation sites is 2. The van der Waals surface area contributed by atoms with Crippen molar-refractivity contribution in [3.8, 4) is 0 Å². The first-order valence-electron chi connectivity index (χ1n) is 9.24. The van der Waals surface area contributed by atoms with Gasteiger partial charge in [0.15, 0.2) is 6.10 Å². The number of ether oxygens (including phenoxy) is 1. The molecule has 1 aliphatic heterocycles. The second kappa shape index (κ2) is 7.82. The van der Waals surface area contributed by atoms with E-state index in [1.807, 2.05) is 59.2 Å². The maximum Gasteiger partial charge on any atom is 0.254 e. The van der Waals surface area contributed by atoms with Crippen molar-refractivity contribution in [3.63, 3.8) is 0 Å². The number of hydrogen-bond acceptors (Lipinski definition) is 4. The molecular weight excluding hydrogens is 356 g/mol. The Morgan fingerprint density at radius 1 is 1.21 bits per heavy atom. The van der Waals surface area contributed by atoms with Gasteiger partial charge in [0, 0.05) is 20.1 Å². The summed E-state index contributed by atoms with van der Waals surface area (Å²) in [5.74, 6) is -0.372. The predicted molar refractivity (Wildman–Crippen MR) is 104 cm³/mol. The number of aromatic nitrogens is 2. The molecule has 7 heteroatoms. The lowest BCUT2D eigenvalue weighted by atomic mass is 9.99. The minimum Gasteiger partial charge on any atom is -0.356 e. The van der Waals surface area contributed by atoms with Crippen LogP contribution in [-0.4, -0.2) is 52.6 Å². The molecular formula is C21H22N4O3. The van der Waals surface area contributed by atoms with Gasteiger partial charge in [-0.15, -0.1) is 0 Å². The first-order chi connectivity index (χ1) is 13.6. The number of nitrogens with one attached hydrogen (secondary N) is 1. The van der Waals surface area contributed by atoms with Crippen LogP contribution in [0.2, 0.25) is 0 Å². The number of carbonyl (C=O) groups is 2. The Labute approximate surface area is 162 Å². The van der Waals surface area contributed by atoms with E-state index >= 15 is 0 Å². The zero-order valence-electron chi connectivity index (χ0n) is 15.6. The highest BCUT2D eigenvalue weighted by Gasteiger charge is 2.37. The van der Waals surface area contributed by atoms with Crippen molar-refractivity contribution >= 4 is 22.8 Å². The van der Waals surface area contributed by atoms with E-state index in [4.69, 9.17) is 4.74 Å². The van der Waals surface area contributed by atoms with Crippen molar-refractivity contribution in [2.75, 3.05) is 20.2 Å². The number of nitrogens with zero attached hydrogens (tertiary/aromatic N) is 3. The Morgan fingerprint density at radius 3 is 2.79 bits per heavy atom. The molecule has 2 amide bonds. The molecule has 1 saturated heterocycles. The normalized spacial score (nSPS) is 19.4. The molecule has 2 aromatic carbocycles. The number of hydrogen-bond donors (Lipinski definition) is 1. The summed E-state index contributed by atoms with van der Waals surface area (Å²) < 4.78 is 7.65. The van der Waals surface area contributed by atoms with Gasteiger partial charge in [-0.1, -0.05) is 42.5 Å². The van der Waals surface area contributed by atoms with Crippen molar-refractivity contribution in [3.05, 3.63) is 66.5 Å². The fourth-order valence-electron chi connectivity index (χ4n) is 3.46. The number of fused-ring (bicyclic) bond motifs is 1. The second-order valence-corrected chi connectivity index (χ2v) is 6.87. The van der Waals surface area contributed by atoms with Crippen LogP contribution in [-0.2, 0) is 20.9 Å². The van der Waals surface area contributed by atoms with Gasteiger partial charge in [0.1, 0.15) is 6.61 Å². The third-order valence-electron chi connectivity index (χ3n) is 5.00. The molecule has 1 N–H and O–H groups in total. The molecule has 3 aromatic rings. The second-order valence-electron chi connectivity index (χ2n) is 6.87. The van der Waals surface area contributed by atoms with Crippen LogP contribution in [0.4, 0.5) is 0 Å². The zero-order valence-corrected chi connectivity index (χ0v) is 15.6. The van der Waals surface area contributed by atoms with Crippen molar-refractivity contribution in [1.82, 2.24) is 19.8 Å². The molecule has 144 valence electrons. The van der Waals surface area contributed by atoms with E-state index in [9.17, 15) is 9.59 Å². The fraction of sp³-hybridized carbons (Fsp3) is 0.286. The lowest BCUT2D eigenvalue weighted by Gasteiger charge is -2.34. The van der Waals surface area contributed by atoms with E-state index in [0.717, 1.165) is 16.6 Å². The third-order valence-corrected chi connectivity index (χ3v) is 5.00. The number of rotatable bonds is 5. The highest BCUT2D eigenvalue weighted by atomic mass is 16.5. The van der Waals surface area contributed by atoms with Crippen molar-refractivity contribution in [2.45, 2.75) is 18.7 Å². The van der Waals surface area contributed by atoms with Gasteiger partial charge < -0.3 is 19.5 Å². The van der Waals surface area contributed by atoms with E-state index in [1.54, 1.807) is 18.3 Å². The summed E-state index contributed by atoms with van der Waals surface area (Å²) >= 11 is 0.